The molecule has 27 heavy (non-hydrogen) atoms. The SMILES string of the molecule is Cc1nc2nc(NC(C)c3cccnc3)nc(C(=O)N3CC[C@H](O)C3)c2s1. The Labute approximate surface area is 160 Å². The van der Waals surface area contributed by atoms with Gasteiger partial charge in [0, 0.05) is 25.5 Å². The number of nitrogens with zero attached hydrogens (tertiary/aromatic N) is 5. The molecule has 8 nitrogen and oxygen atoms in total. The minimum absolute atomic E-state index is 0.0764. The van der Waals surface area contributed by atoms with Crippen molar-refractivity contribution in [2.45, 2.75) is 32.4 Å². The highest BCUT2D eigenvalue weighted by atomic mass is 32.1. The number of thiazole rings is 1. The van der Waals surface area contributed by atoms with E-state index in [1.807, 2.05) is 26.0 Å². The Morgan fingerprint density at radius 3 is 2.96 bits per heavy atom. The van der Waals surface area contributed by atoms with Crippen molar-refractivity contribution in [2.75, 3.05) is 18.4 Å². The molecule has 0 radical (unpaired) electrons. The summed E-state index contributed by atoms with van der Waals surface area (Å²) >= 11 is 1.41. The van der Waals surface area contributed by atoms with Crippen molar-refractivity contribution in [3.8, 4) is 0 Å². The van der Waals surface area contributed by atoms with Crippen molar-refractivity contribution >= 4 is 33.5 Å². The van der Waals surface area contributed by atoms with E-state index in [9.17, 15) is 9.90 Å². The van der Waals surface area contributed by atoms with Crippen molar-refractivity contribution in [2.24, 2.45) is 0 Å². The molecule has 0 spiro atoms. The summed E-state index contributed by atoms with van der Waals surface area (Å²) in [6, 6.07) is 3.76. The summed E-state index contributed by atoms with van der Waals surface area (Å²) in [5, 5.41) is 13.8. The fourth-order valence-electron chi connectivity index (χ4n) is 3.12. The standard InChI is InChI=1S/C18H20N6O2S/c1-10(12-4-3-6-19-8-12)20-18-22-14(15-16(23-18)21-11(2)27-15)17(26)24-7-5-13(25)9-24/h3-4,6,8,10,13,25H,5,7,9H2,1-2H3,(H,20,22,23)/t10?,13-/m0/s1. The van der Waals surface area contributed by atoms with E-state index >= 15 is 0 Å². The second-order valence-electron chi connectivity index (χ2n) is 6.63. The number of carbonyl (C=O) groups excluding carboxylic acids is 1. The molecule has 4 rings (SSSR count). The van der Waals surface area contributed by atoms with Crippen LogP contribution < -0.4 is 5.32 Å². The maximum absolute atomic E-state index is 13.0. The van der Waals surface area contributed by atoms with Crippen LogP contribution in [0.5, 0.6) is 0 Å². The fourth-order valence-corrected chi connectivity index (χ4v) is 3.96. The minimum atomic E-state index is -0.474. The Morgan fingerprint density at radius 2 is 2.26 bits per heavy atom. The van der Waals surface area contributed by atoms with Crippen LogP contribution in [0.3, 0.4) is 0 Å². The molecule has 1 fully saturated rings. The van der Waals surface area contributed by atoms with Crippen LogP contribution in [0.4, 0.5) is 5.95 Å². The summed E-state index contributed by atoms with van der Waals surface area (Å²) in [7, 11) is 0. The summed E-state index contributed by atoms with van der Waals surface area (Å²) < 4.78 is 0.679. The quantitative estimate of drug-likeness (QED) is 0.710. The van der Waals surface area contributed by atoms with E-state index in [1.165, 1.54) is 11.3 Å². The molecule has 4 heterocycles. The summed E-state index contributed by atoms with van der Waals surface area (Å²) in [6.45, 7) is 4.72. The number of aryl methyl sites for hydroxylation is 1. The number of β-amino-alcohol motifs (C(OH)–C–C–N with tert-alkyl or cyclic N) is 1. The zero-order valence-corrected chi connectivity index (χ0v) is 15.9. The fraction of sp³-hybridized carbons (Fsp3) is 0.389. The van der Waals surface area contributed by atoms with Gasteiger partial charge in [-0.2, -0.15) is 4.98 Å². The summed E-state index contributed by atoms with van der Waals surface area (Å²) in [5.41, 5.74) is 1.84. The smallest absolute Gasteiger partial charge is 0.274 e. The molecular weight excluding hydrogens is 364 g/mol. The van der Waals surface area contributed by atoms with Crippen LogP contribution >= 0.6 is 11.3 Å². The predicted molar refractivity (Wildman–Crippen MR) is 103 cm³/mol. The van der Waals surface area contributed by atoms with E-state index in [4.69, 9.17) is 0 Å². The van der Waals surface area contributed by atoms with Gasteiger partial charge in [0.15, 0.2) is 11.3 Å². The summed E-state index contributed by atoms with van der Waals surface area (Å²) in [4.78, 5) is 32.2. The molecule has 1 amide bonds. The highest BCUT2D eigenvalue weighted by molar-refractivity contribution is 7.18. The Morgan fingerprint density at radius 1 is 1.41 bits per heavy atom. The number of aliphatic hydroxyl groups is 1. The highest BCUT2D eigenvalue weighted by Crippen LogP contribution is 2.27. The number of rotatable bonds is 4. The molecule has 0 saturated carbocycles. The first-order valence-corrected chi connectivity index (χ1v) is 9.62. The maximum atomic E-state index is 13.0. The van der Waals surface area contributed by atoms with Crippen molar-refractivity contribution in [3.05, 3.63) is 40.8 Å². The number of amides is 1. The molecule has 0 aromatic carbocycles. The molecule has 9 heteroatoms. The van der Waals surface area contributed by atoms with E-state index in [1.54, 1.807) is 17.3 Å². The molecular formula is C18H20N6O2S. The lowest BCUT2D eigenvalue weighted by Crippen LogP contribution is -2.30. The van der Waals surface area contributed by atoms with Crippen molar-refractivity contribution in [3.63, 3.8) is 0 Å². The molecule has 1 aliphatic rings. The second-order valence-corrected chi connectivity index (χ2v) is 7.83. The first kappa shape index (κ1) is 17.7. The van der Waals surface area contributed by atoms with Crippen molar-refractivity contribution < 1.29 is 9.90 Å². The molecule has 3 aromatic heterocycles. The molecule has 0 aliphatic carbocycles. The molecule has 1 saturated heterocycles. The first-order chi connectivity index (χ1) is 13.0. The Hall–Kier alpha value is -2.65. The highest BCUT2D eigenvalue weighted by Gasteiger charge is 2.29. The Balaban J connectivity index is 1.69. The monoisotopic (exact) mass is 384 g/mol. The van der Waals surface area contributed by atoms with Gasteiger partial charge < -0.3 is 15.3 Å². The van der Waals surface area contributed by atoms with Gasteiger partial charge in [-0.15, -0.1) is 11.3 Å². The molecule has 2 N–H and O–H groups in total. The number of aromatic nitrogens is 4. The van der Waals surface area contributed by atoms with E-state index in [0.717, 1.165) is 10.6 Å². The van der Waals surface area contributed by atoms with E-state index in [-0.39, 0.29) is 11.9 Å². The van der Waals surface area contributed by atoms with Crippen LogP contribution in [0.1, 0.15) is 40.4 Å². The number of hydrogen-bond donors (Lipinski definition) is 2. The topological polar surface area (TPSA) is 104 Å². The average molecular weight is 384 g/mol. The largest absolute Gasteiger partial charge is 0.391 e. The van der Waals surface area contributed by atoms with Gasteiger partial charge in [0.1, 0.15) is 4.70 Å². The van der Waals surface area contributed by atoms with Gasteiger partial charge in [0.25, 0.3) is 5.91 Å². The molecule has 3 aromatic rings. The molecule has 2 atom stereocenters. The number of nitrogens with one attached hydrogen (secondary N) is 1. The van der Waals surface area contributed by atoms with Crippen LogP contribution in [0.15, 0.2) is 24.5 Å². The van der Waals surface area contributed by atoms with Gasteiger partial charge >= 0.3 is 0 Å². The van der Waals surface area contributed by atoms with Crippen LogP contribution in [-0.2, 0) is 0 Å². The van der Waals surface area contributed by atoms with E-state index < -0.39 is 6.10 Å². The number of pyridine rings is 1. The lowest BCUT2D eigenvalue weighted by atomic mass is 10.1. The van der Waals surface area contributed by atoms with Gasteiger partial charge in [0.2, 0.25) is 5.95 Å². The second kappa shape index (κ2) is 7.16. The summed E-state index contributed by atoms with van der Waals surface area (Å²) in [6.07, 6.45) is 3.61. The van der Waals surface area contributed by atoms with Gasteiger partial charge in [-0.3, -0.25) is 9.78 Å². The Kier molecular flexibility index (Phi) is 4.71. The molecule has 1 aliphatic heterocycles. The first-order valence-electron chi connectivity index (χ1n) is 8.80. The van der Waals surface area contributed by atoms with Crippen LogP contribution in [0, 0.1) is 6.92 Å². The third kappa shape index (κ3) is 3.60. The molecule has 140 valence electrons. The average Bonchev–Trinajstić information content (AvgIpc) is 3.26. The van der Waals surface area contributed by atoms with E-state index in [2.05, 4.69) is 25.3 Å². The number of likely N-dealkylation sites (tertiary alicyclic amines) is 1. The van der Waals surface area contributed by atoms with Gasteiger partial charge in [-0.25, -0.2) is 9.97 Å². The van der Waals surface area contributed by atoms with Crippen molar-refractivity contribution in [1.82, 2.24) is 24.8 Å². The molecule has 0 bridgehead atoms. The lowest BCUT2D eigenvalue weighted by Gasteiger charge is -2.17. The van der Waals surface area contributed by atoms with Crippen LogP contribution in [0.2, 0.25) is 0 Å². The van der Waals surface area contributed by atoms with Crippen LogP contribution in [-0.4, -0.2) is 55.0 Å². The third-order valence-corrected chi connectivity index (χ3v) is 5.51. The third-order valence-electron chi connectivity index (χ3n) is 4.54. The number of anilines is 1. The minimum Gasteiger partial charge on any atom is -0.391 e. The number of aliphatic hydroxyl groups excluding tert-OH is 1. The number of carbonyl (C=O) groups is 1. The number of hydrogen-bond acceptors (Lipinski definition) is 8. The predicted octanol–water partition coefficient (Wildman–Crippen LogP) is 2.17. The lowest BCUT2D eigenvalue weighted by molar-refractivity contribution is 0.0761. The van der Waals surface area contributed by atoms with Crippen molar-refractivity contribution in [1.29, 1.82) is 0 Å². The summed E-state index contributed by atoms with van der Waals surface area (Å²) in [5.74, 6) is 0.159. The zero-order chi connectivity index (χ0) is 19.0. The maximum Gasteiger partial charge on any atom is 0.274 e. The molecule has 1 unspecified atom stereocenters. The van der Waals surface area contributed by atoms with Gasteiger partial charge in [-0.05, 0) is 31.9 Å². The zero-order valence-electron chi connectivity index (χ0n) is 15.1. The normalized spacial score (nSPS) is 18.0. The van der Waals surface area contributed by atoms with Gasteiger partial charge in [-0.1, -0.05) is 6.07 Å². The van der Waals surface area contributed by atoms with Crippen LogP contribution in [0.25, 0.3) is 10.3 Å². The van der Waals surface area contributed by atoms with Gasteiger partial charge in [0.05, 0.1) is 17.2 Å². The number of fused-ring (bicyclic) bond motifs is 1. The van der Waals surface area contributed by atoms with E-state index in [0.29, 0.717) is 41.5 Å². The Bertz CT molecular complexity index is 977.